The molecular weight excluding hydrogens is 242 g/mol. The van der Waals surface area contributed by atoms with Gasteiger partial charge in [-0.15, -0.1) is 0 Å². The van der Waals surface area contributed by atoms with Gasteiger partial charge in [-0.3, -0.25) is 0 Å². The largest absolute Gasteiger partial charge is 0.310 e. The Morgan fingerprint density at radius 2 is 1.85 bits per heavy atom. The molecule has 112 valence electrons. The molecule has 0 aliphatic heterocycles. The molecule has 1 fully saturated rings. The second-order valence-electron chi connectivity index (χ2n) is 7.92. The highest BCUT2D eigenvalue weighted by molar-refractivity contribution is 5.19. The highest BCUT2D eigenvalue weighted by Crippen LogP contribution is 2.32. The number of nitrogens with one attached hydrogen (secondary N) is 1. The van der Waals surface area contributed by atoms with Crippen LogP contribution in [0.1, 0.15) is 65.0 Å². The molecule has 1 nitrogen and oxygen atoms in total. The topological polar surface area (TPSA) is 12.0 Å². The monoisotopic (exact) mass is 273 g/mol. The summed E-state index contributed by atoms with van der Waals surface area (Å²) in [7, 11) is 0. The molecule has 0 heterocycles. The average molecular weight is 273 g/mol. The SMILES string of the molecule is CC1CCC(CNC(CC(C)(C)C)c2ccccc2)C1. The molecule has 1 aliphatic rings. The maximum Gasteiger partial charge on any atom is 0.0325 e. The van der Waals surface area contributed by atoms with Crippen LogP contribution in [-0.2, 0) is 0 Å². The predicted molar refractivity (Wildman–Crippen MR) is 87.8 cm³/mol. The second kappa shape index (κ2) is 6.76. The van der Waals surface area contributed by atoms with Gasteiger partial charge in [0.05, 0.1) is 0 Å². The van der Waals surface area contributed by atoms with E-state index in [9.17, 15) is 0 Å². The first-order valence-corrected chi connectivity index (χ1v) is 8.22. The van der Waals surface area contributed by atoms with Crippen molar-refractivity contribution in [1.82, 2.24) is 5.32 Å². The first kappa shape index (κ1) is 15.6. The van der Waals surface area contributed by atoms with Crippen molar-refractivity contribution >= 4 is 0 Å². The number of rotatable bonds is 5. The van der Waals surface area contributed by atoms with E-state index in [1.165, 1.54) is 37.8 Å². The van der Waals surface area contributed by atoms with Gasteiger partial charge >= 0.3 is 0 Å². The smallest absolute Gasteiger partial charge is 0.0325 e. The van der Waals surface area contributed by atoms with Crippen molar-refractivity contribution in [2.75, 3.05) is 6.54 Å². The molecule has 0 spiro atoms. The second-order valence-corrected chi connectivity index (χ2v) is 7.92. The van der Waals surface area contributed by atoms with E-state index >= 15 is 0 Å². The lowest BCUT2D eigenvalue weighted by molar-refractivity contribution is 0.299. The third-order valence-corrected chi connectivity index (χ3v) is 4.47. The zero-order valence-electron chi connectivity index (χ0n) is 13.7. The minimum atomic E-state index is 0.358. The summed E-state index contributed by atoms with van der Waals surface area (Å²) >= 11 is 0. The van der Waals surface area contributed by atoms with Crippen LogP contribution in [0.15, 0.2) is 30.3 Å². The van der Waals surface area contributed by atoms with E-state index in [1.807, 2.05) is 0 Å². The fourth-order valence-corrected chi connectivity index (χ4v) is 3.42. The van der Waals surface area contributed by atoms with Crippen molar-refractivity contribution in [3.05, 3.63) is 35.9 Å². The van der Waals surface area contributed by atoms with Crippen molar-refractivity contribution in [3.8, 4) is 0 Å². The van der Waals surface area contributed by atoms with Crippen molar-refractivity contribution in [1.29, 1.82) is 0 Å². The molecule has 20 heavy (non-hydrogen) atoms. The molecule has 1 aromatic rings. The van der Waals surface area contributed by atoms with E-state index < -0.39 is 0 Å². The van der Waals surface area contributed by atoms with Gasteiger partial charge in [-0.1, -0.05) is 64.4 Å². The third-order valence-electron chi connectivity index (χ3n) is 4.47. The van der Waals surface area contributed by atoms with E-state index in [4.69, 9.17) is 0 Å². The van der Waals surface area contributed by atoms with Crippen LogP contribution in [0.2, 0.25) is 0 Å². The van der Waals surface area contributed by atoms with Crippen LogP contribution in [0.5, 0.6) is 0 Å². The molecule has 0 radical (unpaired) electrons. The Morgan fingerprint density at radius 1 is 1.15 bits per heavy atom. The summed E-state index contributed by atoms with van der Waals surface area (Å²) in [4.78, 5) is 0. The van der Waals surface area contributed by atoms with E-state index in [-0.39, 0.29) is 0 Å². The summed E-state index contributed by atoms with van der Waals surface area (Å²) in [5, 5.41) is 3.86. The van der Waals surface area contributed by atoms with E-state index in [2.05, 4.69) is 63.3 Å². The Morgan fingerprint density at radius 3 is 2.40 bits per heavy atom. The average Bonchev–Trinajstić information content (AvgIpc) is 2.80. The lowest BCUT2D eigenvalue weighted by Crippen LogP contribution is -2.29. The molecule has 3 atom stereocenters. The highest BCUT2D eigenvalue weighted by atomic mass is 14.9. The summed E-state index contributed by atoms with van der Waals surface area (Å²) in [6.45, 7) is 10.6. The standard InChI is InChI=1S/C19H31N/c1-15-10-11-16(12-15)14-20-18(13-19(2,3)4)17-8-6-5-7-9-17/h5-9,15-16,18,20H,10-14H2,1-4H3. The third kappa shape index (κ3) is 4.94. The van der Waals surface area contributed by atoms with Gasteiger partial charge in [0.1, 0.15) is 0 Å². The van der Waals surface area contributed by atoms with Crippen molar-refractivity contribution in [3.63, 3.8) is 0 Å². The van der Waals surface area contributed by atoms with E-state index in [1.54, 1.807) is 0 Å². The fraction of sp³-hybridized carbons (Fsp3) is 0.684. The predicted octanol–water partition coefficient (Wildman–Crippen LogP) is 5.19. The number of hydrogen-bond acceptors (Lipinski definition) is 1. The van der Waals surface area contributed by atoms with Gasteiger partial charge in [-0.25, -0.2) is 0 Å². The molecule has 1 saturated carbocycles. The summed E-state index contributed by atoms with van der Waals surface area (Å²) in [5.41, 5.74) is 1.80. The van der Waals surface area contributed by atoms with E-state index in [0.29, 0.717) is 11.5 Å². The maximum atomic E-state index is 3.86. The van der Waals surface area contributed by atoms with E-state index in [0.717, 1.165) is 11.8 Å². The van der Waals surface area contributed by atoms with Crippen LogP contribution in [-0.4, -0.2) is 6.54 Å². The number of benzene rings is 1. The molecule has 1 aromatic carbocycles. The van der Waals surface area contributed by atoms with Crippen LogP contribution in [0.3, 0.4) is 0 Å². The Hall–Kier alpha value is -0.820. The van der Waals surface area contributed by atoms with Crippen molar-refractivity contribution < 1.29 is 0 Å². The summed E-state index contributed by atoms with van der Waals surface area (Å²) in [6.07, 6.45) is 5.43. The van der Waals surface area contributed by atoms with Crippen LogP contribution in [0.4, 0.5) is 0 Å². The van der Waals surface area contributed by atoms with Crippen molar-refractivity contribution in [2.24, 2.45) is 17.3 Å². The maximum absolute atomic E-state index is 3.86. The molecule has 1 heteroatoms. The van der Waals surface area contributed by atoms with Gasteiger partial charge in [0.2, 0.25) is 0 Å². The van der Waals surface area contributed by atoms with Gasteiger partial charge in [-0.05, 0) is 48.6 Å². The first-order valence-electron chi connectivity index (χ1n) is 8.22. The Balaban J connectivity index is 1.96. The lowest BCUT2D eigenvalue weighted by Gasteiger charge is -2.28. The molecular formula is C19H31N. The molecule has 2 rings (SSSR count). The van der Waals surface area contributed by atoms with Gasteiger partial charge in [0.15, 0.2) is 0 Å². The quantitative estimate of drug-likeness (QED) is 0.778. The Kier molecular flexibility index (Phi) is 5.26. The minimum Gasteiger partial charge on any atom is -0.310 e. The van der Waals surface area contributed by atoms with Gasteiger partial charge in [0, 0.05) is 6.04 Å². The molecule has 1 aliphatic carbocycles. The summed E-state index contributed by atoms with van der Waals surface area (Å²) in [5.74, 6) is 1.82. The number of hydrogen-bond donors (Lipinski definition) is 1. The lowest BCUT2D eigenvalue weighted by atomic mass is 9.85. The zero-order chi connectivity index (χ0) is 14.6. The fourth-order valence-electron chi connectivity index (χ4n) is 3.42. The Bertz CT molecular complexity index is 390. The van der Waals surface area contributed by atoms with Crippen LogP contribution in [0.25, 0.3) is 0 Å². The van der Waals surface area contributed by atoms with Crippen molar-refractivity contribution in [2.45, 2.75) is 59.4 Å². The van der Waals surface area contributed by atoms with Gasteiger partial charge in [0.25, 0.3) is 0 Å². The molecule has 0 aromatic heterocycles. The Labute approximate surface area is 125 Å². The van der Waals surface area contributed by atoms with Crippen LogP contribution in [0, 0.1) is 17.3 Å². The molecule has 1 N–H and O–H groups in total. The van der Waals surface area contributed by atoms with Crippen LogP contribution >= 0.6 is 0 Å². The molecule has 0 bridgehead atoms. The normalized spacial score (nSPS) is 24.8. The molecule has 0 saturated heterocycles. The first-order chi connectivity index (χ1) is 9.44. The van der Waals surface area contributed by atoms with Gasteiger partial charge in [-0.2, -0.15) is 0 Å². The highest BCUT2D eigenvalue weighted by Gasteiger charge is 2.24. The molecule has 3 unspecified atom stereocenters. The minimum absolute atomic E-state index is 0.358. The summed E-state index contributed by atoms with van der Waals surface area (Å²) in [6, 6.07) is 11.4. The van der Waals surface area contributed by atoms with Gasteiger partial charge < -0.3 is 5.32 Å². The zero-order valence-corrected chi connectivity index (χ0v) is 13.7. The van der Waals surface area contributed by atoms with Crippen LogP contribution < -0.4 is 5.32 Å². The molecule has 0 amide bonds. The summed E-state index contributed by atoms with van der Waals surface area (Å²) < 4.78 is 0.